The average molecular weight is 274 g/mol. The van der Waals surface area contributed by atoms with Crippen LogP contribution in [0.3, 0.4) is 0 Å². The fraction of sp³-hybridized carbons (Fsp3) is 0.312. The fourth-order valence-corrected chi connectivity index (χ4v) is 2.57. The first kappa shape index (κ1) is 14.3. The third kappa shape index (κ3) is 2.74. The van der Waals surface area contributed by atoms with Crippen LogP contribution < -0.4 is 5.32 Å². The van der Waals surface area contributed by atoms with Gasteiger partial charge in [-0.25, -0.2) is 4.39 Å². The van der Waals surface area contributed by atoms with Crippen LogP contribution in [0.4, 0.5) is 10.1 Å². The summed E-state index contributed by atoms with van der Waals surface area (Å²) in [5.74, 6) is -0.578. The van der Waals surface area contributed by atoms with E-state index in [0.29, 0.717) is 17.3 Å². The molecule has 20 heavy (non-hydrogen) atoms. The summed E-state index contributed by atoms with van der Waals surface area (Å²) in [6, 6.07) is 8.06. The molecule has 1 N–H and O–H groups in total. The van der Waals surface area contributed by atoms with Crippen LogP contribution in [0.5, 0.6) is 0 Å². The van der Waals surface area contributed by atoms with Crippen LogP contribution in [0.2, 0.25) is 0 Å². The molecule has 0 aliphatic rings. The maximum atomic E-state index is 13.1. The molecule has 0 radical (unpaired) electrons. The molecule has 0 spiro atoms. The van der Waals surface area contributed by atoms with Crippen molar-refractivity contribution in [2.45, 2.75) is 33.7 Å². The molecule has 0 fully saturated rings. The zero-order valence-corrected chi connectivity index (χ0v) is 12.2. The van der Waals surface area contributed by atoms with E-state index >= 15 is 0 Å². The summed E-state index contributed by atoms with van der Waals surface area (Å²) < 4.78 is 15.2. The number of aryl methyl sites for hydroxylation is 1. The SMILES string of the molecule is Cc1cc(C(=O)Nc2cccc(F)c2)c(C)n1C(C)C. The molecular weight excluding hydrogens is 255 g/mol. The lowest BCUT2D eigenvalue weighted by Crippen LogP contribution is -2.14. The van der Waals surface area contributed by atoms with Crippen LogP contribution in [0.15, 0.2) is 30.3 Å². The summed E-state index contributed by atoms with van der Waals surface area (Å²) in [5.41, 5.74) is 3.05. The lowest BCUT2D eigenvalue weighted by Gasteiger charge is -2.13. The van der Waals surface area contributed by atoms with Crippen LogP contribution in [0.25, 0.3) is 0 Å². The van der Waals surface area contributed by atoms with Gasteiger partial charge in [0.05, 0.1) is 5.56 Å². The van der Waals surface area contributed by atoms with E-state index in [0.717, 1.165) is 11.4 Å². The highest BCUT2D eigenvalue weighted by atomic mass is 19.1. The number of hydrogen-bond donors (Lipinski definition) is 1. The molecule has 4 heteroatoms. The smallest absolute Gasteiger partial charge is 0.257 e. The lowest BCUT2D eigenvalue weighted by atomic mass is 10.2. The first-order valence-corrected chi connectivity index (χ1v) is 6.65. The van der Waals surface area contributed by atoms with Crippen molar-refractivity contribution in [3.8, 4) is 0 Å². The van der Waals surface area contributed by atoms with Crippen molar-refractivity contribution >= 4 is 11.6 Å². The molecular formula is C16H19FN2O. The minimum atomic E-state index is -0.365. The van der Waals surface area contributed by atoms with Crippen LogP contribution >= 0.6 is 0 Å². The average Bonchev–Trinajstić information content (AvgIpc) is 2.64. The van der Waals surface area contributed by atoms with Gasteiger partial charge in [-0.05, 0) is 52.0 Å². The second kappa shape index (κ2) is 5.49. The van der Waals surface area contributed by atoms with E-state index in [9.17, 15) is 9.18 Å². The number of halogens is 1. The number of aromatic nitrogens is 1. The topological polar surface area (TPSA) is 34.0 Å². The number of nitrogens with one attached hydrogen (secondary N) is 1. The van der Waals surface area contributed by atoms with Crippen LogP contribution in [0, 0.1) is 19.7 Å². The first-order chi connectivity index (χ1) is 9.40. The Hall–Kier alpha value is -2.10. The Morgan fingerprint density at radius 3 is 2.50 bits per heavy atom. The summed E-state index contributed by atoms with van der Waals surface area (Å²) in [4.78, 5) is 12.3. The molecule has 0 aliphatic heterocycles. The predicted molar refractivity (Wildman–Crippen MR) is 78.6 cm³/mol. The van der Waals surface area contributed by atoms with Crippen molar-refractivity contribution in [2.75, 3.05) is 5.32 Å². The third-order valence-corrected chi connectivity index (χ3v) is 3.33. The second-order valence-electron chi connectivity index (χ2n) is 5.21. The highest BCUT2D eigenvalue weighted by molar-refractivity contribution is 6.05. The maximum Gasteiger partial charge on any atom is 0.257 e. The summed E-state index contributed by atoms with van der Waals surface area (Å²) in [5, 5.41) is 2.73. The molecule has 0 unspecified atom stereocenters. The van der Waals surface area contributed by atoms with E-state index in [4.69, 9.17) is 0 Å². The Balaban J connectivity index is 2.28. The van der Waals surface area contributed by atoms with E-state index in [1.807, 2.05) is 19.9 Å². The Kier molecular flexibility index (Phi) is 3.93. The molecule has 0 aliphatic carbocycles. The van der Waals surface area contributed by atoms with E-state index in [2.05, 4.69) is 23.7 Å². The van der Waals surface area contributed by atoms with Crippen molar-refractivity contribution < 1.29 is 9.18 Å². The molecule has 0 saturated carbocycles. The molecule has 0 atom stereocenters. The fourth-order valence-electron chi connectivity index (χ4n) is 2.57. The highest BCUT2D eigenvalue weighted by Crippen LogP contribution is 2.21. The zero-order chi connectivity index (χ0) is 14.9. The quantitative estimate of drug-likeness (QED) is 0.899. The minimum absolute atomic E-state index is 0.212. The third-order valence-electron chi connectivity index (χ3n) is 3.33. The number of rotatable bonds is 3. The summed E-state index contributed by atoms with van der Waals surface area (Å²) in [7, 11) is 0. The summed E-state index contributed by atoms with van der Waals surface area (Å²) in [6.07, 6.45) is 0. The Labute approximate surface area is 118 Å². The van der Waals surface area contributed by atoms with Gasteiger partial charge < -0.3 is 9.88 Å². The monoisotopic (exact) mass is 274 g/mol. The van der Waals surface area contributed by atoms with E-state index < -0.39 is 0 Å². The Bertz CT molecular complexity index is 644. The molecule has 1 amide bonds. The van der Waals surface area contributed by atoms with E-state index in [1.54, 1.807) is 12.1 Å². The van der Waals surface area contributed by atoms with Gasteiger partial charge in [0.25, 0.3) is 5.91 Å². The molecule has 0 bridgehead atoms. The van der Waals surface area contributed by atoms with Crippen molar-refractivity contribution in [1.29, 1.82) is 0 Å². The van der Waals surface area contributed by atoms with Crippen molar-refractivity contribution in [3.05, 3.63) is 53.1 Å². The molecule has 1 aromatic carbocycles. The van der Waals surface area contributed by atoms with Crippen LogP contribution in [0.1, 0.15) is 41.6 Å². The van der Waals surface area contributed by atoms with Crippen molar-refractivity contribution in [1.82, 2.24) is 4.57 Å². The van der Waals surface area contributed by atoms with Crippen molar-refractivity contribution in [2.24, 2.45) is 0 Å². The van der Waals surface area contributed by atoms with E-state index in [-0.39, 0.29) is 11.7 Å². The van der Waals surface area contributed by atoms with E-state index in [1.165, 1.54) is 12.1 Å². The minimum Gasteiger partial charge on any atom is -0.346 e. The Morgan fingerprint density at radius 2 is 1.95 bits per heavy atom. The number of nitrogens with zero attached hydrogens (tertiary/aromatic N) is 1. The molecule has 2 aromatic rings. The standard InChI is InChI=1S/C16H19FN2O/c1-10(2)19-11(3)8-15(12(19)4)16(20)18-14-7-5-6-13(17)9-14/h5-10H,1-4H3,(H,18,20). The lowest BCUT2D eigenvalue weighted by molar-refractivity contribution is 0.102. The predicted octanol–water partition coefficient (Wildman–Crippen LogP) is 4.08. The number of carbonyl (C=O) groups excluding carboxylic acids is 1. The molecule has 1 heterocycles. The summed E-state index contributed by atoms with van der Waals surface area (Å²) >= 11 is 0. The number of amides is 1. The van der Waals surface area contributed by atoms with Gasteiger partial charge in [-0.2, -0.15) is 0 Å². The zero-order valence-electron chi connectivity index (χ0n) is 12.2. The maximum absolute atomic E-state index is 13.1. The number of hydrogen-bond acceptors (Lipinski definition) is 1. The molecule has 0 saturated heterocycles. The molecule has 1 aromatic heterocycles. The van der Waals surface area contributed by atoms with Gasteiger partial charge in [-0.15, -0.1) is 0 Å². The first-order valence-electron chi connectivity index (χ1n) is 6.65. The van der Waals surface area contributed by atoms with Gasteiger partial charge in [-0.1, -0.05) is 6.07 Å². The van der Waals surface area contributed by atoms with Gasteiger partial charge in [0.1, 0.15) is 5.82 Å². The van der Waals surface area contributed by atoms with Gasteiger partial charge in [0.2, 0.25) is 0 Å². The van der Waals surface area contributed by atoms with Crippen LogP contribution in [-0.4, -0.2) is 10.5 Å². The molecule has 106 valence electrons. The van der Waals surface area contributed by atoms with Gasteiger partial charge in [0, 0.05) is 23.1 Å². The largest absolute Gasteiger partial charge is 0.346 e. The number of benzene rings is 1. The van der Waals surface area contributed by atoms with Gasteiger partial charge in [0.15, 0.2) is 0 Å². The second-order valence-corrected chi connectivity index (χ2v) is 5.21. The van der Waals surface area contributed by atoms with Gasteiger partial charge >= 0.3 is 0 Å². The molecule has 2 rings (SSSR count). The van der Waals surface area contributed by atoms with Crippen molar-refractivity contribution in [3.63, 3.8) is 0 Å². The number of carbonyl (C=O) groups is 1. The normalized spacial score (nSPS) is 10.9. The highest BCUT2D eigenvalue weighted by Gasteiger charge is 2.17. The summed E-state index contributed by atoms with van der Waals surface area (Å²) in [6.45, 7) is 8.06. The number of anilines is 1. The van der Waals surface area contributed by atoms with Gasteiger partial charge in [-0.3, -0.25) is 4.79 Å². The van der Waals surface area contributed by atoms with Crippen LogP contribution in [-0.2, 0) is 0 Å². The Morgan fingerprint density at radius 1 is 1.25 bits per heavy atom. The molecule has 3 nitrogen and oxygen atoms in total.